The molecule has 0 unspecified atom stereocenters. The second-order valence-corrected chi connectivity index (χ2v) is 8.59. The van der Waals surface area contributed by atoms with Gasteiger partial charge in [-0.25, -0.2) is 9.97 Å². The summed E-state index contributed by atoms with van der Waals surface area (Å²) in [4.78, 5) is 9.43. The molecule has 36 heavy (non-hydrogen) atoms. The molecular formula is C24H18Cl2F3N5O2. The minimum Gasteiger partial charge on any atom is -0.505 e. The van der Waals surface area contributed by atoms with E-state index in [2.05, 4.69) is 20.2 Å². The third-order valence-electron chi connectivity index (χ3n) is 5.14. The molecule has 0 radical (unpaired) electrons. The van der Waals surface area contributed by atoms with E-state index < -0.39 is 11.9 Å². The number of aromatic nitrogens is 4. The first-order chi connectivity index (χ1) is 17.1. The van der Waals surface area contributed by atoms with Crippen LogP contribution in [0, 0.1) is 0 Å². The number of hydrogen-bond acceptors (Lipinski definition) is 7. The van der Waals surface area contributed by atoms with Crippen molar-refractivity contribution in [1.82, 2.24) is 20.2 Å². The molecular weight excluding hydrogens is 518 g/mol. The average Bonchev–Trinajstić information content (AvgIpc) is 2.86. The number of halogens is 5. The molecule has 7 nitrogen and oxygen atoms in total. The molecule has 0 atom stereocenters. The molecule has 186 valence electrons. The fourth-order valence-corrected chi connectivity index (χ4v) is 3.70. The summed E-state index contributed by atoms with van der Waals surface area (Å²) in [6, 6.07) is 13.0. The lowest BCUT2D eigenvalue weighted by Crippen LogP contribution is -2.17. The molecule has 2 aromatic carbocycles. The minimum atomic E-state index is -4.46. The predicted octanol–water partition coefficient (Wildman–Crippen LogP) is 6.18. The molecule has 12 heteroatoms. The lowest BCUT2D eigenvalue weighted by molar-refractivity contribution is -0.141. The fraction of sp³-hybridized carbons (Fsp3) is 0.167. The van der Waals surface area contributed by atoms with Gasteiger partial charge in [-0.05, 0) is 35.4 Å². The number of benzene rings is 2. The van der Waals surface area contributed by atoms with Crippen LogP contribution < -0.4 is 9.64 Å². The van der Waals surface area contributed by atoms with Crippen molar-refractivity contribution in [2.45, 2.75) is 19.3 Å². The van der Waals surface area contributed by atoms with E-state index in [1.165, 1.54) is 30.6 Å². The molecule has 0 bridgehead atoms. The molecule has 0 saturated carbocycles. The quantitative estimate of drug-likeness (QED) is 0.302. The van der Waals surface area contributed by atoms with Crippen LogP contribution in [0.25, 0.3) is 11.3 Å². The zero-order chi connectivity index (χ0) is 25.9. The van der Waals surface area contributed by atoms with Gasteiger partial charge in [-0.3, -0.25) is 0 Å². The Bertz CT molecular complexity index is 1310. The Labute approximate surface area is 214 Å². The summed E-state index contributed by atoms with van der Waals surface area (Å²) in [7, 11) is 1.77. The van der Waals surface area contributed by atoms with Gasteiger partial charge in [0.15, 0.2) is 5.75 Å². The van der Waals surface area contributed by atoms with Crippen LogP contribution in [0.1, 0.15) is 16.8 Å². The Hall–Kier alpha value is -3.63. The van der Waals surface area contributed by atoms with Crippen LogP contribution in [0.3, 0.4) is 0 Å². The number of alkyl halides is 3. The smallest absolute Gasteiger partial charge is 0.433 e. The van der Waals surface area contributed by atoms with Gasteiger partial charge in [0.2, 0.25) is 0 Å². The second kappa shape index (κ2) is 10.5. The van der Waals surface area contributed by atoms with Crippen molar-refractivity contribution in [3.63, 3.8) is 0 Å². The standard InChI is InChI=1S/C24H18Cl2F3N5O2/c1-34(17-6-7-21(30-10-17)24(27,28)29)12-14-2-4-15(5-3-14)13-36-23-31-11-20(32-33-23)16-8-18(25)22(35)19(26)9-16/h2-11,35H,12-13H2,1H3. The van der Waals surface area contributed by atoms with Crippen molar-refractivity contribution in [3.05, 3.63) is 87.8 Å². The summed E-state index contributed by atoms with van der Waals surface area (Å²) < 4.78 is 43.7. The Morgan fingerprint density at radius 3 is 2.14 bits per heavy atom. The van der Waals surface area contributed by atoms with E-state index in [4.69, 9.17) is 27.9 Å². The Morgan fingerprint density at radius 2 is 1.58 bits per heavy atom. The van der Waals surface area contributed by atoms with Crippen LogP contribution in [0.5, 0.6) is 11.8 Å². The van der Waals surface area contributed by atoms with Crippen LogP contribution in [-0.4, -0.2) is 32.3 Å². The Morgan fingerprint density at radius 1 is 0.917 bits per heavy atom. The Kier molecular flexibility index (Phi) is 7.46. The van der Waals surface area contributed by atoms with E-state index in [0.29, 0.717) is 23.5 Å². The highest BCUT2D eigenvalue weighted by molar-refractivity contribution is 6.37. The van der Waals surface area contributed by atoms with Crippen molar-refractivity contribution < 1.29 is 23.0 Å². The molecule has 4 aromatic rings. The maximum atomic E-state index is 12.7. The van der Waals surface area contributed by atoms with Crippen molar-refractivity contribution in [2.24, 2.45) is 0 Å². The summed E-state index contributed by atoms with van der Waals surface area (Å²) >= 11 is 11.9. The van der Waals surface area contributed by atoms with Gasteiger partial charge in [-0.15, -0.1) is 5.10 Å². The molecule has 2 heterocycles. The van der Waals surface area contributed by atoms with Crippen LogP contribution in [0.4, 0.5) is 18.9 Å². The van der Waals surface area contributed by atoms with Crippen LogP contribution in [0.15, 0.2) is 60.9 Å². The largest absolute Gasteiger partial charge is 0.505 e. The van der Waals surface area contributed by atoms with Crippen molar-refractivity contribution in [3.8, 4) is 23.0 Å². The predicted molar refractivity (Wildman–Crippen MR) is 129 cm³/mol. The third-order valence-corrected chi connectivity index (χ3v) is 5.72. The number of phenols is 1. The van der Waals surface area contributed by atoms with E-state index >= 15 is 0 Å². The number of pyridine rings is 1. The summed E-state index contributed by atoms with van der Waals surface area (Å²) in [5.41, 5.74) is 2.41. The molecule has 0 amide bonds. The highest BCUT2D eigenvalue weighted by atomic mass is 35.5. The molecule has 0 aliphatic heterocycles. The van der Waals surface area contributed by atoms with Gasteiger partial charge in [0.25, 0.3) is 0 Å². The number of anilines is 1. The molecule has 0 aliphatic rings. The topological polar surface area (TPSA) is 84.3 Å². The molecule has 4 rings (SSSR count). The highest BCUT2D eigenvalue weighted by Gasteiger charge is 2.32. The summed E-state index contributed by atoms with van der Waals surface area (Å²) in [5.74, 6) is -0.211. The van der Waals surface area contributed by atoms with Crippen LogP contribution in [-0.2, 0) is 19.3 Å². The number of ether oxygens (including phenoxy) is 1. The van der Waals surface area contributed by atoms with E-state index in [9.17, 15) is 18.3 Å². The number of hydrogen-bond donors (Lipinski definition) is 1. The van der Waals surface area contributed by atoms with Crippen molar-refractivity contribution in [1.29, 1.82) is 0 Å². The minimum absolute atomic E-state index is 0.0772. The van der Waals surface area contributed by atoms with Gasteiger partial charge in [-0.2, -0.15) is 13.2 Å². The number of rotatable bonds is 7. The van der Waals surface area contributed by atoms with Gasteiger partial charge in [0, 0.05) is 19.2 Å². The van der Waals surface area contributed by atoms with Crippen molar-refractivity contribution in [2.75, 3.05) is 11.9 Å². The highest BCUT2D eigenvalue weighted by Crippen LogP contribution is 2.35. The number of nitrogens with zero attached hydrogens (tertiary/aromatic N) is 5. The maximum Gasteiger partial charge on any atom is 0.433 e. The lowest BCUT2D eigenvalue weighted by atomic mass is 10.1. The first-order valence-corrected chi connectivity index (χ1v) is 11.2. The number of phenolic OH excluding ortho intramolecular Hbond substituents is 1. The fourth-order valence-electron chi connectivity index (χ4n) is 3.21. The maximum absolute atomic E-state index is 12.7. The lowest BCUT2D eigenvalue weighted by Gasteiger charge is -2.19. The van der Waals surface area contributed by atoms with Gasteiger partial charge >= 0.3 is 12.2 Å². The molecule has 0 spiro atoms. The van der Waals surface area contributed by atoms with Gasteiger partial charge < -0.3 is 14.7 Å². The summed E-state index contributed by atoms with van der Waals surface area (Å²) in [6.07, 6.45) is -1.81. The van der Waals surface area contributed by atoms with Crippen molar-refractivity contribution >= 4 is 28.9 Å². The molecule has 0 fully saturated rings. The first-order valence-electron chi connectivity index (χ1n) is 10.4. The average molecular weight is 536 g/mol. The molecule has 1 N–H and O–H groups in total. The normalized spacial score (nSPS) is 11.4. The van der Waals surface area contributed by atoms with Crippen LogP contribution in [0.2, 0.25) is 10.0 Å². The second-order valence-electron chi connectivity index (χ2n) is 7.78. The zero-order valence-corrected chi connectivity index (χ0v) is 20.2. The monoisotopic (exact) mass is 535 g/mol. The van der Waals surface area contributed by atoms with Gasteiger partial charge in [0.05, 0.1) is 28.1 Å². The van der Waals surface area contributed by atoms with Gasteiger partial charge in [0.1, 0.15) is 18.0 Å². The van der Waals surface area contributed by atoms with Crippen LogP contribution >= 0.6 is 23.2 Å². The number of aromatic hydroxyl groups is 1. The molecule has 0 aliphatic carbocycles. The molecule has 2 aromatic heterocycles. The summed E-state index contributed by atoms with van der Waals surface area (Å²) in [5, 5.41) is 17.9. The SMILES string of the molecule is CN(Cc1ccc(COc2ncc(-c3cc(Cl)c(O)c(Cl)c3)nn2)cc1)c1ccc(C(F)(F)F)nc1. The zero-order valence-electron chi connectivity index (χ0n) is 18.7. The van der Waals surface area contributed by atoms with Gasteiger partial charge in [-0.1, -0.05) is 52.6 Å². The van der Waals surface area contributed by atoms with E-state index in [1.807, 2.05) is 24.3 Å². The molecule has 0 saturated heterocycles. The first kappa shape index (κ1) is 25.5. The Balaban J connectivity index is 1.33. The van der Waals surface area contributed by atoms with E-state index in [-0.39, 0.29) is 28.4 Å². The summed E-state index contributed by atoms with van der Waals surface area (Å²) in [6.45, 7) is 0.685. The van der Waals surface area contributed by atoms with E-state index in [1.54, 1.807) is 11.9 Å². The van der Waals surface area contributed by atoms with E-state index in [0.717, 1.165) is 17.2 Å². The third kappa shape index (κ3) is 6.13.